The van der Waals surface area contributed by atoms with Crippen LogP contribution in [-0.4, -0.2) is 36.4 Å². The van der Waals surface area contributed by atoms with E-state index in [0.29, 0.717) is 29.9 Å². The van der Waals surface area contributed by atoms with Gasteiger partial charge in [-0.25, -0.2) is 4.99 Å². The Bertz CT molecular complexity index is 1130. The SMILES string of the molecule is CCOc1cc(C(C=CN)=NC)ccc1NC1=NC(NC2CCCCC2)c2c(C#N)c[nH]c2N1. The minimum atomic E-state index is -0.314. The lowest BCUT2D eigenvalue weighted by Crippen LogP contribution is -2.38. The Kier molecular flexibility index (Phi) is 7.50. The van der Waals surface area contributed by atoms with E-state index in [0.717, 1.165) is 41.2 Å². The zero-order chi connectivity index (χ0) is 23.9. The van der Waals surface area contributed by atoms with Gasteiger partial charge in [0.25, 0.3) is 0 Å². The molecule has 0 spiro atoms. The molecule has 2 aliphatic rings. The first-order valence-corrected chi connectivity index (χ1v) is 11.8. The summed E-state index contributed by atoms with van der Waals surface area (Å²) in [5.74, 6) is 2.03. The molecule has 178 valence electrons. The van der Waals surface area contributed by atoms with Crippen molar-refractivity contribution < 1.29 is 4.74 Å². The van der Waals surface area contributed by atoms with Gasteiger partial charge < -0.3 is 26.1 Å². The van der Waals surface area contributed by atoms with Crippen molar-refractivity contribution in [3.63, 3.8) is 0 Å². The van der Waals surface area contributed by atoms with Crippen molar-refractivity contribution in [2.75, 3.05) is 24.3 Å². The summed E-state index contributed by atoms with van der Waals surface area (Å²) in [6.07, 6.45) is 10.6. The third-order valence-electron chi connectivity index (χ3n) is 6.14. The number of nitrogens with one attached hydrogen (secondary N) is 4. The number of aromatic amines is 1. The number of rotatable bonds is 7. The van der Waals surface area contributed by atoms with Crippen LogP contribution in [0, 0.1) is 11.3 Å². The topological polar surface area (TPSA) is 136 Å². The van der Waals surface area contributed by atoms with E-state index in [9.17, 15) is 5.26 Å². The summed E-state index contributed by atoms with van der Waals surface area (Å²) in [7, 11) is 1.73. The van der Waals surface area contributed by atoms with E-state index in [2.05, 4.69) is 32.0 Å². The molecule has 1 atom stereocenters. The molecular formula is C25H32N8O. The highest BCUT2D eigenvalue weighted by molar-refractivity contribution is 6.10. The molecule has 0 radical (unpaired) electrons. The molecule has 2 heterocycles. The minimum Gasteiger partial charge on any atom is -0.492 e. The van der Waals surface area contributed by atoms with Crippen LogP contribution in [0.25, 0.3) is 0 Å². The summed E-state index contributed by atoms with van der Waals surface area (Å²) < 4.78 is 5.91. The molecule has 1 saturated carbocycles. The number of aromatic nitrogens is 1. The smallest absolute Gasteiger partial charge is 0.203 e. The standard InChI is InChI=1S/C25H32N8O/c1-3-34-21-13-16(19(28-2)11-12-26)9-10-20(21)31-25-32-23-22(17(14-27)15-29-23)24(33-25)30-18-7-5-4-6-8-18/h9-13,15,18,24,29-30H,3-8,26H2,1-2H3,(H2,31,32,33). The molecule has 4 rings (SSSR count). The number of allylic oxidation sites excluding steroid dienone is 1. The highest BCUT2D eigenvalue weighted by Gasteiger charge is 2.29. The van der Waals surface area contributed by atoms with Gasteiger partial charge in [0, 0.05) is 24.8 Å². The van der Waals surface area contributed by atoms with Crippen LogP contribution in [0.3, 0.4) is 0 Å². The van der Waals surface area contributed by atoms with Crippen molar-refractivity contribution in [1.29, 1.82) is 5.26 Å². The average molecular weight is 461 g/mol. The van der Waals surface area contributed by atoms with Gasteiger partial charge in [0.05, 0.1) is 29.1 Å². The molecule has 6 N–H and O–H groups in total. The van der Waals surface area contributed by atoms with E-state index in [1.165, 1.54) is 25.5 Å². The molecule has 0 saturated heterocycles. The Balaban J connectivity index is 1.62. The molecule has 34 heavy (non-hydrogen) atoms. The highest BCUT2D eigenvalue weighted by atomic mass is 16.5. The van der Waals surface area contributed by atoms with Gasteiger partial charge in [0.2, 0.25) is 5.96 Å². The van der Waals surface area contributed by atoms with Crippen LogP contribution in [0.2, 0.25) is 0 Å². The van der Waals surface area contributed by atoms with Crippen LogP contribution in [0.1, 0.15) is 61.9 Å². The first-order chi connectivity index (χ1) is 16.7. The van der Waals surface area contributed by atoms with Crippen LogP contribution in [0.4, 0.5) is 11.5 Å². The van der Waals surface area contributed by atoms with Crippen LogP contribution in [0.15, 0.2) is 46.7 Å². The zero-order valence-electron chi connectivity index (χ0n) is 19.7. The van der Waals surface area contributed by atoms with Gasteiger partial charge in [-0.15, -0.1) is 0 Å². The molecule has 2 aromatic rings. The van der Waals surface area contributed by atoms with Gasteiger partial charge in [-0.05, 0) is 44.2 Å². The van der Waals surface area contributed by atoms with Gasteiger partial charge in [0.1, 0.15) is 23.8 Å². The maximum absolute atomic E-state index is 9.60. The van der Waals surface area contributed by atoms with Crippen molar-refractivity contribution in [3.8, 4) is 11.8 Å². The quantitative estimate of drug-likeness (QED) is 0.396. The number of nitriles is 1. The molecule has 1 aromatic heterocycles. The molecule has 1 aliphatic carbocycles. The van der Waals surface area contributed by atoms with E-state index < -0.39 is 0 Å². The number of guanidine groups is 1. The third kappa shape index (κ3) is 5.07. The number of ether oxygens (including phenoxy) is 1. The van der Waals surface area contributed by atoms with Crippen molar-refractivity contribution in [3.05, 3.63) is 53.4 Å². The summed E-state index contributed by atoms with van der Waals surface area (Å²) in [5, 5.41) is 19.9. The van der Waals surface area contributed by atoms with Crippen molar-refractivity contribution in [2.24, 2.45) is 15.7 Å². The molecule has 1 fully saturated rings. The second-order valence-corrected chi connectivity index (χ2v) is 8.35. The van der Waals surface area contributed by atoms with Crippen LogP contribution in [-0.2, 0) is 0 Å². The van der Waals surface area contributed by atoms with E-state index in [1.807, 2.05) is 25.1 Å². The zero-order valence-corrected chi connectivity index (χ0v) is 19.7. The Morgan fingerprint density at radius 1 is 1.35 bits per heavy atom. The third-order valence-corrected chi connectivity index (χ3v) is 6.14. The summed E-state index contributed by atoms with van der Waals surface area (Å²) in [6, 6.07) is 8.50. The lowest BCUT2D eigenvalue weighted by molar-refractivity contribution is 0.341. The normalized spacial score (nSPS) is 18.7. The summed E-state index contributed by atoms with van der Waals surface area (Å²) in [4.78, 5) is 12.4. The maximum Gasteiger partial charge on any atom is 0.203 e. The van der Waals surface area contributed by atoms with Crippen LogP contribution in [0.5, 0.6) is 5.75 Å². The molecule has 0 bridgehead atoms. The fourth-order valence-electron chi connectivity index (χ4n) is 4.51. The number of nitrogens with two attached hydrogens (primary N) is 1. The molecule has 1 aliphatic heterocycles. The minimum absolute atomic E-state index is 0.314. The molecular weight excluding hydrogens is 428 g/mol. The number of aliphatic imine (C=N–C) groups is 2. The molecule has 0 amide bonds. The van der Waals surface area contributed by atoms with E-state index >= 15 is 0 Å². The number of hydrogen-bond acceptors (Lipinski definition) is 8. The van der Waals surface area contributed by atoms with Gasteiger partial charge in [-0.1, -0.05) is 25.3 Å². The molecule has 9 heteroatoms. The lowest BCUT2D eigenvalue weighted by Gasteiger charge is -2.30. The van der Waals surface area contributed by atoms with Gasteiger partial charge in [-0.2, -0.15) is 5.26 Å². The number of benzene rings is 1. The number of anilines is 2. The number of nitrogens with zero attached hydrogens (tertiary/aromatic N) is 3. The highest BCUT2D eigenvalue weighted by Crippen LogP contribution is 2.34. The Morgan fingerprint density at radius 3 is 2.88 bits per heavy atom. The van der Waals surface area contributed by atoms with Crippen molar-refractivity contribution >= 4 is 23.2 Å². The Hall–Kier alpha value is -3.77. The van der Waals surface area contributed by atoms with Crippen LogP contribution < -0.4 is 26.4 Å². The average Bonchev–Trinajstić information content (AvgIpc) is 3.28. The maximum atomic E-state index is 9.60. The largest absolute Gasteiger partial charge is 0.492 e. The first kappa shape index (κ1) is 23.4. The number of hydrogen-bond donors (Lipinski definition) is 5. The molecule has 1 unspecified atom stereocenters. The Labute approximate surface area is 200 Å². The predicted molar refractivity (Wildman–Crippen MR) is 136 cm³/mol. The van der Waals surface area contributed by atoms with E-state index in [4.69, 9.17) is 15.5 Å². The van der Waals surface area contributed by atoms with Gasteiger partial charge in [0.15, 0.2) is 0 Å². The van der Waals surface area contributed by atoms with Crippen molar-refractivity contribution in [1.82, 2.24) is 10.3 Å². The Morgan fingerprint density at radius 2 is 2.18 bits per heavy atom. The fraction of sp³-hybridized carbons (Fsp3) is 0.400. The summed E-state index contributed by atoms with van der Waals surface area (Å²) in [5.41, 5.74) is 9.46. The first-order valence-electron chi connectivity index (χ1n) is 11.8. The van der Waals surface area contributed by atoms with E-state index in [1.54, 1.807) is 19.3 Å². The van der Waals surface area contributed by atoms with Crippen molar-refractivity contribution in [2.45, 2.75) is 51.2 Å². The van der Waals surface area contributed by atoms with Gasteiger partial charge >= 0.3 is 0 Å². The second-order valence-electron chi connectivity index (χ2n) is 8.35. The number of H-pyrrole nitrogens is 1. The lowest BCUT2D eigenvalue weighted by atomic mass is 9.95. The summed E-state index contributed by atoms with van der Waals surface area (Å²) >= 11 is 0. The molecule has 1 aromatic carbocycles. The summed E-state index contributed by atoms with van der Waals surface area (Å²) in [6.45, 7) is 2.46. The number of fused-ring (bicyclic) bond motifs is 1. The predicted octanol–water partition coefficient (Wildman–Crippen LogP) is 3.99. The monoisotopic (exact) mass is 460 g/mol. The van der Waals surface area contributed by atoms with E-state index in [-0.39, 0.29) is 6.17 Å². The van der Waals surface area contributed by atoms with Gasteiger partial charge in [-0.3, -0.25) is 10.3 Å². The second kappa shape index (κ2) is 10.9. The molecule has 9 nitrogen and oxygen atoms in total. The fourth-order valence-corrected chi connectivity index (χ4v) is 4.51. The van der Waals surface area contributed by atoms with Crippen LogP contribution >= 0.6 is 0 Å².